The van der Waals surface area contributed by atoms with Crippen molar-refractivity contribution in [3.8, 4) is 11.5 Å². The third-order valence-corrected chi connectivity index (χ3v) is 4.20. The summed E-state index contributed by atoms with van der Waals surface area (Å²) >= 11 is 0. The molecule has 146 valence electrons. The molecule has 3 rings (SSSR count). The summed E-state index contributed by atoms with van der Waals surface area (Å²) in [6.07, 6.45) is 0.949. The molecule has 0 saturated carbocycles. The average molecular weight is 381 g/mol. The molecule has 1 aliphatic rings. The van der Waals surface area contributed by atoms with Gasteiger partial charge in [-0.25, -0.2) is 5.43 Å². The molecule has 0 saturated heterocycles. The molecule has 0 radical (unpaired) electrons. The first-order chi connectivity index (χ1) is 13.6. The number of hydrogen-bond donors (Lipinski definition) is 1. The van der Waals surface area contributed by atoms with Crippen LogP contribution in [0, 0.1) is 0 Å². The molecule has 0 unspecified atom stereocenters. The molecular weight excluding hydrogens is 358 g/mol. The monoisotopic (exact) mass is 381 g/mol. The Labute approximate surface area is 163 Å². The molecule has 1 N–H and O–H groups in total. The van der Waals surface area contributed by atoms with E-state index >= 15 is 0 Å². The van der Waals surface area contributed by atoms with Gasteiger partial charge in [0.1, 0.15) is 18.0 Å². The molecule has 2 aromatic rings. The fraction of sp³-hybridized carbons (Fsp3) is 0.286. The van der Waals surface area contributed by atoms with Crippen LogP contribution in [0.15, 0.2) is 53.6 Å². The highest BCUT2D eigenvalue weighted by atomic mass is 16.5. The van der Waals surface area contributed by atoms with Crippen LogP contribution in [0.4, 0.5) is 5.69 Å². The van der Waals surface area contributed by atoms with E-state index in [2.05, 4.69) is 17.5 Å². The Bertz CT molecular complexity index is 877. The molecule has 28 heavy (non-hydrogen) atoms. The van der Waals surface area contributed by atoms with E-state index in [0.29, 0.717) is 23.8 Å². The predicted octanol–water partition coefficient (Wildman–Crippen LogP) is 2.74. The number of carbonyl (C=O) groups is 2. The number of hydrazone groups is 1. The van der Waals surface area contributed by atoms with Gasteiger partial charge in [-0.1, -0.05) is 19.1 Å². The molecule has 0 aromatic heterocycles. The summed E-state index contributed by atoms with van der Waals surface area (Å²) < 4.78 is 10.9. The van der Waals surface area contributed by atoms with Crippen molar-refractivity contribution in [2.75, 3.05) is 24.7 Å². The lowest BCUT2D eigenvalue weighted by Crippen LogP contribution is -2.44. The minimum absolute atomic E-state index is 0.0843. The standard InChI is InChI=1S/C21H23N3O4/c1-3-12-27-17-10-8-16(9-11-17)15(2)22-23-20(25)13-24-18-6-4-5-7-19(18)28-14-21(24)26/h4-11H,3,12-14H2,1-2H3,(H,23,25)/b22-15-. The maximum Gasteiger partial charge on any atom is 0.265 e. The van der Waals surface area contributed by atoms with E-state index < -0.39 is 0 Å². The zero-order valence-electron chi connectivity index (χ0n) is 16.0. The maximum atomic E-state index is 12.3. The molecule has 0 spiro atoms. The Balaban J connectivity index is 1.61. The molecule has 2 amide bonds. The highest BCUT2D eigenvalue weighted by molar-refractivity contribution is 6.03. The largest absolute Gasteiger partial charge is 0.494 e. The Hall–Kier alpha value is -3.35. The first kappa shape index (κ1) is 19.4. The minimum Gasteiger partial charge on any atom is -0.494 e. The normalized spacial score (nSPS) is 13.6. The second kappa shape index (κ2) is 9.03. The Morgan fingerprint density at radius 3 is 2.71 bits per heavy atom. The Kier molecular flexibility index (Phi) is 6.26. The third kappa shape index (κ3) is 4.68. The number of para-hydroxylation sites is 2. The quantitative estimate of drug-likeness (QED) is 0.591. The van der Waals surface area contributed by atoms with Gasteiger partial charge >= 0.3 is 0 Å². The topological polar surface area (TPSA) is 80.2 Å². The van der Waals surface area contributed by atoms with Crippen LogP contribution in [0.25, 0.3) is 0 Å². The van der Waals surface area contributed by atoms with Gasteiger partial charge in [-0.15, -0.1) is 0 Å². The van der Waals surface area contributed by atoms with E-state index in [0.717, 1.165) is 17.7 Å². The number of nitrogens with one attached hydrogen (secondary N) is 1. The molecule has 0 atom stereocenters. The molecule has 7 heteroatoms. The summed E-state index contributed by atoms with van der Waals surface area (Å²) in [7, 11) is 0. The molecule has 2 aromatic carbocycles. The van der Waals surface area contributed by atoms with Crippen molar-refractivity contribution >= 4 is 23.2 Å². The Morgan fingerprint density at radius 2 is 1.96 bits per heavy atom. The van der Waals surface area contributed by atoms with Gasteiger partial charge in [0, 0.05) is 0 Å². The fourth-order valence-electron chi connectivity index (χ4n) is 2.73. The van der Waals surface area contributed by atoms with Crippen LogP contribution >= 0.6 is 0 Å². The van der Waals surface area contributed by atoms with Gasteiger partial charge in [-0.3, -0.25) is 14.5 Å². The number of benzene rings is 2. The van der Waals surface area contributed by atoms with E-state index in [9.17, 15) is 9.59 Å². The average Bonchev–Trinajstić information content (AvgIpc) is 2.73. The van der Waals surface area contributed by atoms with Gasteiger partial charge in [0.2, 0.25) is 0 Å². The zero-order valence-corrected chi connectivity index (χ0v) is 16.0. The molecule has 0 fully saturated rings. The van der Waals surface area contributed by atoms with Crippen molar-refractivity contribution in [2.45, 2.75) is 20.3 Å². The number of ether oxygens (including phenoxy) is 2. The highest BCUT2D eigenvalue weighted by Gasteiger charge is 2.26. The number of hydrogen-bond acceptors (Lipinski definition) is 5. The van der Waals surface area contributed by atoms with E-state index in [1.54, 1.807) is 25.1 Å². The van der Waals surface area contributed by atoms with Gasteiger partial charge in [0.25, 0.3) is 11.8 Å². The second-order valence-corrected chi connectivity index (χ2v) is 6.34. The van der Waals surface area contributed by atoms with E-state index in [4.69, 9.17) is 9.47 Å². The van der Waals surface area contributed by atoms with Crippen LogP contribution in [-0.2, 0) is 9.59 Å². The third-order valence-electron chi connectivity index (χ3n) is 4.20. The Morgan fingerprint density at radius 1 is 1.21 bits per heavy atom. The highest BCUT2D eigenvalue weighted by Crippen LogP contribution is 2.31. The fourth-order valence-corrected chi connectivity index (χ4v) is 2.73. The first-order valence-electron chi connectivity index (χ1n) is 9.17. The summed E-state index contributed by atoms with van der Waals surface area (Å²) in [5.74, 6) is 0.733. The summed E-state index contributed by atoms with van der Waals surface area (Å²) in [6.45, 7) is 4.32. The van der Waals surface area contributed by atoms with E-state index in [1.165, 1.54) is 4.90 Å². The lowest BCUT2D eigenvalue weighted by atomic mass is 10.1. The summed E-state index contributed by atoms with van der Waals surface area (Å²) in [5.41, 5.74) is 4.62. The molecule has 0 aliphatic carbocycles. The van der Waals surface area contributed by atoms with Crippen molar-refractivity contribution < 1.29 is 19.1 Å². The van der Waals surface area contributed by atoms with Crippen LogP contribution < -0.4 is 19.8 Å². The van der Waals surface area contributed by atoms with Gasteiger partial charge in [0.15, 0.2) is 6.61 Å². The van der Waals surface area contributed by atoms with Crippen LogP contribution in [0.1, 0.15) is 25.8 Å². The second-order valence-electron chi connectivity index (χ2n) is 6.34. The van der Waals surface area contributed by atoms with Crippen molar-refractivity contribution in [2.24, 2.45) is 5.10 Å². The lowest BCUT2D eigenvalue weighted by molar-refractivity contribution is -0.125. The number of fused-ring (bicyclic) bond motifs is 1. The number of amides is 2. The van der Waals surface area contributed by atoms with Crippen LogP contribution in [0.3, 0.4) is 0 Å². The minimum atomic E-state index is -0.382. The number of carbonyl (C=O) groups excluding carboxylic acids is 2. The molecule has 7 nitrogen and oxygen atoms in total. The molecule has 1 aliphatic heterocycles. The van der Waals surface area contributed by atoms with Crippen molar-refractivity contribution in [1.82, 2.24) is 5.43 Å². The number of rotatable bonds is 7. The van der Waals surface area contributed by atoms with Crippen LogP contribution in [-0.4, -0.2) is 37.3 Å². The summed E-state index contributed by atoms with van der Waals surface area (Å²) in [4.78, 5) is 25.8. The molecule has 0 bridgehead atoms. The maximum absolute atomic E-state index is 12.3. The molecular formula is C21H23N3O4. The van der Waals surface area contributed by atoms with Crippen LogP contribution in [0.5, 0.6) is 11.5 Å². The van der Waals surface area contributed by atoms with Crippen molar-refractivity contribution in [3.05, 3.63) is 54.1 Å². The predicted molar refractivity (Wildman–Crippen MR) is 107 cm³/mol. The van der Waals surface area contributed by atoms with Crippen molar-refractivity contribution in [3.63, 3.8) is 0 Å². The van der Waals surface area contributed by atoms with E-state index in [1.807, 2.05) is 30.3 Å². The van der Waals surface area contributed by atoms with Gasteiger partial charge in [-0.2, -0.15) is 5.10 Å². The zero-order chi connectivity index (χ0) is 19.9. The van der Waals surface area contributed by atoms with Gasteiger partial charge in [-0.05, 0) is 55.3 Å². The number of anilines is 1. The summed E-state index contributed by atoms with van der Waals surface area (Å²) in [5, 5.41) is 4.14. The van der Waals surface area contributed by atoms with Gasteiger partial charge < -0.3 is 9.47 Å². The number of nitrogens with zero attached hydrogens (tertiary/aromatic N) is 2. The first-order valence-corrected chi connectivity index (χ1v) is 9.17. The van der Waals surface area contributed by atoms with Crippen molar-refractivity contribution in [1.29, 1.82) is 0 Å². The lowest BCUT2D eigenvalue weighted by Gasteiger charge is -2.28. The van der Waals surface area contributed by atoms with Gasteiger partial charge in [0.05, 0.1) is 18.0 Å². The smallest absolute Gasteiger partial charge is 0.265 e. The molecule has 1 heterocycles. The van der Waals surface area contributed by atoms with E-state index in [-0.39, 0.29) is 25.0 Å². The summed E-state index contributed by atoms with van der Waals surface area (Å²) in [6, 6.07) is 14.6. The van der Waals surface area contributed by atoms with Crippen LogP contribution in [0.2, 0.25) is 0 Å². The SMILES string of the molecule is CCCOc1ccc(/C(C)=N\NC(=O)CN2C(=O)COc3ccccc32)cc1.